The van der Waals surface area contributed by atoms with Crippen molar-refractivity contribution >= 4 is 26.0 Å². The minimum atomic E-state index is -3.68. The van der Waals surface area contributed by atoms with Gasteiger partial charge < -0.3 is 4.74 Å². The predicted octanol–water partition coefficient (Wildman–Crippen LogP) is 4.01. The van der Waals surface area contributed by atoms with E-state index in [4.69, 9.17) is 9.88 Å². The zero-order valence-electron chi connectivity index (χ0n) is 11.7. The number of rotatable bonds is 4. The second kappa shape index (κ2) is 6.17. The molecule has 0 aliphatic heterocycles. The summed E-state index contributed by atoms with van der Waals surface area (Å²) in [6.45, 7) is 4.16. The first-order valence-corrected chi connectivity index (χ1v) is 8.71. The van der Waals surface area contributed by atoms with Crippen molar-refractivity contribution in [3.05, 3.63) is 52.5 Å². The molecule has 0 saturated carbocycles. The summed E-state index contributed by atoms with van der Waals surface area (Å²) in [4.78, 5) is 0.0646. The highest BCUT2D eigenvalue weighted by Crippen LogP contribution is 2.33. The lowest BCUT2D eigenvalue weighted by molar-refractivity contribution is 0.472. The summed E-state index contributed by atoms with van der Waals surface area (Å²) in [5.74, 6) is 1.62. The van der Waals surface area contributed by atoms with E-state index in [1.807, 2.05) is 18.2 Å². The van der Waals surface area contributed by atoms with Gasteiger partial charge in [-0.05, 0) is 53.9 Å². The molecule has 0 atom stereocenters. The lowest BCUT2D eigenvalue weighted by atomic mass is 10.0. The monoisotopic (exact) mass is 369 g/mol. The van der Waals surface area contributed by atoms with Crippen LogP contribution in [0.15, 0.2) is 51.8 Å². The largest absolute Gasteiger partial charge is 0.457 e. The van der Waals surface area contributed by atoms with Gasteiger partial charge in [0.2, 0.25) is 10.0 Å². The molecule has 0 amide bonds. The Morgan fingerprint density at radius 1 is 1.10 bits per heavy atom. The second-order valence-electron chi connectivity index (χ2n) is 4.96. The van der Waals surface area contributed by atoms with Crippen LogP contribution in [0.25, 0.3) is 0 Å². The quantitative estimate of drug-likeness (QED) is 0.884. The molecule has 0 fully saturated rings. The van der Waals surface area contributed by atoms with Gasteiger partial charge in [0.25, 0.3) is 0 Å². The highest BCUT2D eigenvalue weighted by Gasteiger charge is 2.11. The van der Waals surface area contributed by atoms with Crippen molar-refractivity contribution in [2.45, 2.75) is 24.7 Å². The van der Waals surface area contributed by atoms with E-state index in [0.717, 1.165) is 15.8 Å². The summed E-state index contributed by atoms with van der Waals surface area (Å²) in [5.41, 5.74) is 1.07. The van der Waals surface area contributed by atoms with Gasteiger partial charge in [0.15, 0.2) is 0 Å². The summed E-state index contributed by atoms with van der Waals surface area (Å²) < 4.78 is 29.3. The summed E-state index contributed by atoms with van der Waals surface area (Å²) in [6.07, 6.45) is 0. The molecule has 21 heavy (non-hydrogen) atoms. The molecule has 0 bridgehead atoms. The minimum absolute atomic E-state index is 0.0646. The Labute approximate surface area is 133 Å². The third kappa shape index (κ3) is 4.06. The van der Waals surface area contributed by atoms with Crippen molar-refractivity contribution in [1.82, 2.24) is 0 Å². The topological polar surface area (TPSA) is 69.4 Å². The van der Waals surface area contributed by atoms with Crippen molar-refractivity contribution in [3.63, 3.8) is 0 Å². The van der Waals surface area contributed by atoms with Crippen LogP contribution >= 0.6 is 15.9 Å². The number of ether oxygens (including phenoxy) is 1. The Hall–Kier alpha value is -1.37. The molecule has 2 aromatic rings. The first-order chi connectivity index (χ1) is 9.77. The summed E-state index contributed by atoms with van der Waals surface area (Å²) in [7, 11) is -3.68. The van der Waals surface area contributed by atoms with E-state index in [9.17, 15) is 8.42 Å². The van der Waals surface area contributed by atoms with Crippen LogP contribution in [-0.2, 0) is 10.0 Å². The number of benzene rings is 2. The lowest BCUT2D eigenvalue weighted by Crippen LogP contribution is -2.11. The summed E-state index contributed by atoms with van der Waals surface area (Å²) in [6, 6.07) is 11.8. The third-order valence-corrected chi connectivity index (χ3v) is 4.40. The first kappa shape index (κ1) is 16.0. The molecule has 112 valence electrons. The van der Waals surface area contributed by atoms with Crippen LogP contribution in [-0.4, -0.2) is 8.42 Å². The molecular weight excluding hydrogens is 354 g/mol. The van der Waals surface area contributed by atoms with Crippen LogP contribution in [0.4, 0.5) is 0 Å². The van der Waals surface area contributed by atoms with Crippen LogP contribution in [0.3, 0.4) is 0 Å². The van der Waals surface area contributed by atoms with E-state index in [-0.39, 0.29) is 4.90 Å². The summed E-state index contributed by atoms with van der Waals surface area (Å²) in [5, 5.41) is 5.07. The van der Waals surface area contributed by atoms with E-state index in [1.54, 1.807) is 12.1 Å². The number of nitrogens with two attached hydrogens (primary N) is 1. The van der Waals surface area contributed by atoms with Gasteiger partial charge in [-0.1, -0.05) is 29.8 Å². The molecule has 0 aliphatic rings. The Kier molecular flexibility index (Phi) is 4.70. The minimum Gasteiger partial charge on any atom is -0.457 e. The molecule has 4 nitrogen and oxygen atoms in total. The van der Waals surface area contributed by atoms with Crippen molar-refractivity contribution in [2.75, 3.05) is 0 Å². The van der Waals surface area contributed by atoms with E-state index in [2.05, 4.69) is 29.8 Å². The van der Waals surface area contributed by atoms with E-state index < -0.39 is 10.0 Å². The molecule has 0 saturated heterocycles. The fourth-order valence-corrected chi connectivity index (χ4v) is 2.78. The maximum atomic E-state index is 11.2. The van der Waals surface area contributed by atoms with Gasteiger partial charge in [0.1, 0.15) is 11.5 Å². The molecule has 0 radical (unpaired) electrons. The van der Waals surface area contributed by atoms with Gasteiger partial charge in [0, 0.05) is 4.47 Å². The lowest BCUT2D eigenvalue weighted by Gasteiger charge is -2.14. The Balaban J connectivity index is 2.30. The highest BCUT2D eigenvalue weighted by atomic mass is 79.9. The standard InChI is InChI=1S/C15H16BrNO3S/c1-10(2)14-9-11(16)3-8-15(14)20-12-4-6-13(7-5-12)21(17,18)19/h3-10H,1-2H3,(H2,17,18,19). The van der Waals surface area contributed by atoms with Crippen LogP contribution in [0.1, 0.15) is 25.3 Å². The molecule has 0 unspecified atom stereocenters. The van der Waals surface area contributed by atoms with Gasteiger partial charge in [-0.3, -0.25) is 0 Å². The number of primary sulfonamides is 1. The molecule has 2 rings (SSSR count). The first-order valence-electron chi connectivity index (χ1n) is 6.37. The predicted molar refractivity (Wildman–Crippen MR) is 86.1 cm³/mol. The van der Waals surface area contributed by atoms with Crippen LogP contribution in [0, 0.1) is 0 Å². The maximum absolute atomic E-state index is 11.2. The highest BCUT2D eigenvalue weighted by molar-refractivity contribution is 9.10. The van der Waals surface area contributed by atoms with Gasteiger partial charge in [-0.2, -0.15) is 0 Å². The van der Waals surface area contributed by atoms with E-state index >= 15 is 0 Å². The molecular formula is C15H16BrNO3S. The molecule has 2 aromatic carbocycles. The average molecular weight is 370 g/mol. The fourth-order valence-electron chi connectivity index (χ4n) is 1.89. The zero-order chi connectivity index (χ0) is 15.6. The number of sulfonamides is 1. The van der Waals surface area contributed by atoms with Crippen molar-refractivity contribution in [1.29, 1.82) is 0 Å². The van der Waals surface area contributed by atoms with Crippen LogP contribution in [0.2, 0.25) is 0 Å². The average Bonchev–Trinajstić information content (AvgIpc) is 2.40. The Morgan fingerprint density at radius 3 is 2.24 bits per heavy atom. The van der Waals surface area contributed by atoms with Gasteiger partial charge in [-0.25, -0.2) is 13.6 Å². The molecule has 6 heteroatoms. The van der Waals surface area contributed by atoms with Gasteiger partial charge in [0.05, 0.1) is 4.90 Å². The van der Waals surface area contributed by atoms with Gasteiger partial charge >= 0.3 is 0 Å². The Bertz CT molecular complexity index is 740. The summed E-state index contributed by atoms with van der Waals surface area (Å²) >= 11 is 3.45. The van der Waals surface area contributed by atoms with Crippen LogP contribution in [0.5, 0.6) is 11.5 Å². The zero-order valence-corrected chi connectivity index (χ0v) is 14.1. The van der Waals surface area contributed by atoms with Crippen molar-refractivity contribution in [3.8, 4) is 11.5 Å². The van der Waals surface area contributed by atoms with Crippen molar-refractivity contribution in [2.24, 2.45) is 5.14 Å². The number of hydrogen-bond acceptors (Lipinski definition) is 3. The molecule has 0 aliphatic carbocycles. The van der Waals surface area contributed by atoms with Gasteiger partial charge in [-0.15, -0.1) is 0 Å². The van der Waals surface area contributed by atoms with Crippen LogP contribution < -0.4 is 9.88 Å². The smallest absolute Gasteiger partial charge is 0.238 e. The Morgan fingerprint density at radius 2 is 1.71 bits per heavy atom. The molecule has 0 heterocycles. The SMILES string of the molecule is CC(C)c1cc(Br)ccc1Oc1ccc(S(N)(=O)=O)cc1. The number of hydrogen-bond donors (Lipinski definition) is 1. The molecule has 0 spiro atoms. The van der Waals surface area contributed by atoms with Crippen molar-refractivity contribution < 1.29 is 13.2 Å². The fraction of sp³-hybridized carbons (Fsp3) is 0.200. The number of halogens is 1. The second-order valence-corrected chi connectivity index (χ2v) is 7.43. The van der Waals surface area contributed by atoms with E-state index in [0.29, 0.717) is 11.7 Å². The van der Waals surface area contributed by atoms with E-state index in [1.165, 1.54) is 12.1 Å². The molecule has 2 N–H and O–H groups in total. The molecule has 0 aromatic heterocycles. The normalized spacial score (nSPS) is 11.7. The third-order valence-electron chi connectivity index (χ3n) is 2.97. The maximum Gasteiger partial charge on any atom is 0.238 e.